The number of nitrogens with one attached hydrogen (secondary N) is 1. The van der Waals surface area contributed by atoms with Gasteiger partial charge in [0.25, 0.3) is 0 Å². The number of unbranched alkanes of at least 4 members (excludes halogenated alkanes) is 4. The van der Waals surface area contributed by atoms with Crippen LogP contribution >= 0.6 is 0 Å². The summed E-state index contributed by atoms with van der Waals surface area (Å²) in [6, 6.07) is 0. The summed E-state index contributed by atoms with van der Waals surface area (Å²) in [6.07, 6.45) is 8.47. The number of carbonyl (C=O) groups is 4. The minimum atomic E-state index is -0.434. The summed E-state index contributed by atoms with van der Waals surface area (Å²) in [5.74, 6) is -1.46. The molecule has 0 aromatic carbocycles. The fraction of sp³-hybridized carbons (Fsp3) is 0.769. The summed E-state index contributed by atoms with van der Waals surface area (Å²) >= 11 is 0. The van der Waals surface area contributed by atoms with Gasteiger partial charge in [-0.2, -0.15) is 0 Å². The summed E-state index contributed by atoms with van der Waals surface area (Å²) in [6.45, 7) is 6.51. The molecule has 0 aromatic rings. The molecule has 0 aliphatic rings. The quantitative estimate of drug-likeness (QED) is 0.133. The van der Waals surface area contributed by atoms with Crippen molar-refractivity contribution in [3.63, 3.8) is 0 Å². The molecule has 0 radical (unpaired) electrons. The summed E-state index contributed by atoms with van der Waals surface area (Å²) < 4.78 is 15.9. The molecule has 0 fully saturated rings. The topological polar surface area (TPSA) is 114 Å². The van der Waals surface area contributed by atoms with Gasteiger partial charge >= 0.3 is 11.9 Å². The molecular weight excluding hydrogens is 466 g/mol. The third-order valence-electron chi connectivity index (χ3n) is 5.13. The third kappa shape index (κ3) is 20.9. The van der Waals surface area contributed by atoms with Crippen molar-refractivity contribution < 1.29 is 33.4 Å². The van der Waals surface area contributed by atoms with E-state index in [1.807, 2.05) is 19.0 Å². The number of hydrogen-bond donors (Lipinski definition) is 1. The van der Waals surface area contributed by atoms with Crippen molar-refractivity contribution in [1.29, 1.82) is 0 Å². The lowest BCUT2D eigenvalue weighted by Gasteiger charge is -2.21. The van der Waals surface area contributed by atoms with Gasteiger partial charge in [-0.15, -0.1) is 0 Å². The maximum atomic E-state index is 12.6. The van der Waals surface area contributed by atoms with Crippen LogP contribution in [0.5, 0.6) is 0 Å². The molecule has 0 aromatic heterocycles. The predicted octanol–water partition coefficient (Wildman–Crippen LogP) is 2.31. The Kier molecular flexibility index (Phi) is 21.4. The van der Waals surface area contributed by atoms with Gasteiger partial charge in [0.15, 0.2) is 0 Å². The van der Waals surface area contributed by atoms with E-state index in [1.54, 1.807) is 0 Å². The fourth-order valence-electron chi connectivity index (χ4n) is 2.96. The SMILES string of the molecule is CCCCCC(=O)OCCN(CCOC(=O)CCCCC)C(=O)C=CC(=O)NCCOCCN(C)C. The minimum absolute atomic E-state index is 0.0332. The standard InChI is InChI=1S/C26H47N3O7/c1-5-7-9-11-25(32)35-21-17-29(18-22-36-26(33)12-10-8-6-2)24(31)14-13-23(30)27-15-19-34-20-16-28(3)4/h13-14H,5-12,15-22H2,1-4H3,(H,27,30). The Morgan fingerprint density at radius 1 is 0.722 bits per heavy atom. The van der Waals surface area contributed by atoms with Crippen LogP contribution in [-0.4, -0.2) is 100 Å². The molecule has 0 rings (SSSR count). The largest absolute Gasteiger partial charge is 0.464 e. The van der Waals surface area contributed by atoms with E-state index in [4.69, 9.17) is 14.2 Å². The molecule has 208 valence electrons. The van der Waals surface area contributed by atoms with Crippen LogP contribution in [0.1, 0.15) is 65.2 Å². The molecule has 0 aliphatic heterocycles. The highest BCUT2D eigenvalue weighted by Gasteiger charge is 2.14. The Balaban J connectivity index is 4.59. The molecule has 10 heteroatoms. The first kappa shape index (κ1) is 33.5. The van der Waals surface area contributed by atoms with Crippen LogP contribution in [0.4, 0.5) is 0 Å². The lowest BCUT2D eigenvalue weighted by molar-refractivity contribution is -0.146. The number of amides is 2. The van der Waals surface area contributed by atoms with Crippen LogP contribution in [0.3, 0.4) is 0 Å². The molecule has 36 heavy (non-hydrogen) atoms. The number of hydrogen-bond acceptors (Lipinski definition) is 8. The molecule has 0 aliphatic carbocycles. The Morgan fingerprint density at radius 2 is 1.28 bits per heavy atom. The molecule has 0 bridgehead atoms. The molecule has 2 amide bonds. The van der Waals surface area contributed by atoms with E-state index >= 15 is 0 Å². The van der Waals surface area contributed by atoms with E-state index in [9.17, 15) is 19.2 Å². The van der Waals surface area contributed by atoms with Gasteiger partial charge in [0.1, 0.15) is 13.2 Å². The third-order valence-corrected chi connectivity index (χ3v) is 5.13. The number of ether oxygens (including phenoxy) is 3. The van der Waals surface area contributed by atoms with Crippen LogP contribution in [0, 0.1) is 0 Å². The van der Waals surface area contributed by atoms with Crippen LogP contribution in [0.25, 0.3) is 0 Å². The molecule has 0 saturated carbocycles. The second-order valence-corrected chi connectivity index (χ2v) is 8.72. The van der Waals surface area contributed by atoms with Gasteiger partial charge in [-0.05, 0) is 26.9 Å². The molecule has 0 unspecified atom stereocenters. The van der Waals surface area contributed by atoms with Gasteiger partial charge < -0.3 is 29.3 Å². The lowest BCUT2D eigenvalue weighted by Crippen LogP contribution is -2.36. The first-order chi connectivity index (χ1) is 17.3. The van der Waals surface area contributed by atoms with E-state index in [2.05, 4.69) is 19.2 Å². The number of carbonyl (C=O) groups excluding carboxylic acids is 4. The van der Waals surface area contributed by atoms with Crippen molar-refractivity contribution in [1.82, 2.24) is 15.1 Å². The summed E-state index contributed by atoms with van der Waals surface area (Å²) in [4.78, 5) is 51.7. The zero-order valence-electron chi connectivity index (χ0n) is 22.7. The highest BCUT2D eigenvalue weighted by Crippen LogP contribution is 2.03. The highest BCUT2D eigenvalue weighted by molar-refractivity contribution is 5.96. The van der Waals surface area contributed by atoms with E-state index < -0.39 is 11.8 Å². The first-order valence-corrected chi connectivity index (χ1v) is 13.1. The Labute approximate surface area is 216 Å². The van der Waals surface area contributed by atoms with Crippen molar-refractivity contribution >= 4 is 23.8 Å². The van der Waals surface area contributed by atoms with E-state index in [0.29, 0.717) is 32.6 Å². The number of likely N-dealkylation sites (N-methyl/N-ethyl adjacent to an activating group) is 1. The average Bonchev–Trinajstić information content (AvgIpc) is 2.83. The molecular formula is C26H47N3O7. The first-order valence-electron chi connectivity index (χ1n) is 13.1. The molecule has 0 atom stereocenters. The van der Waals surface area contributed by atoms with Crippen LogP contribution < -0.4 is 5.32 Å². The van der Waals surface area contributed by atoms with Crippen molar-refractivity contribution in [2.75, 3.05) is 66.7 Å². The normalized spacial score (nSPS) is 11.0. The van der Waals surface area contributed by atoms with Crippen molar-refractivity contribution in [3.8, 4) is 0 Å². The fourth-order valence-corrected chi connectivity index (χ4v) is 2.96. The summed E-state index contributed by atoms with van der Waals surface area (Å²) in [5.41, 5.74) is 0. The van der Waals surface area contributed by atoms with Crippen molar-refractivity contribution in [3.05, 3.63) is 12.2 Å². The Bertz CT molecular complexity index is 625. The van der Waals surface area contributed by atoms with E-state index in [-0.39, 0.29) is 38.2 Å². The Hall–Kier alpha value is -2.46. The average molecular weight is 514 g/mol. The monoisotopic (exact) mass is 513 g/mol. The van der Waals surface area contributed by atoms with Crippen molar-refractivity contribution in [2.24, 2.45) is 0 Å². The second-order valence-electron chi connectivity index (χ2n) is 8.72. The molecule has 0 saturated heterocycles. The maximum absolute atomic E-state index is 12.6. The second kappa shape index (κ2) is 23.0. The maximum Gasteiger partial charge on any atom is 0.305 e. The minimum Gasteiger partial charge on any atom is -0.464 e. The van der Waals surface area contributed by atoms with Gasteiger partial charge in [-0.1, -0.05) is 39.5 Å². The van der Waals surface area contributed by atoms with E-state index in [1.165, 1.54) is 4.90 Å². The Morgan fingerprint density at radius 3 is 1.78 bits per heavy atom. The molecule has 0 heterocycles. The summed E-state index contributed by atoms with van der Waals surface area (Å²) in [7, 11) is 3.90. The molecule has 10 nitrogen and oxygen atoms in total. The van der Waals surface area contributed by atoms with Gasteiger partial charge in [-0.25, -0.2) is 0 Å². The van der Waals surface area contributed by atoms with Gasteiger partial charge in [0.2, 0.25) is 11.8 Å². The van der Waals surface area contributed by atoms with Crippen molar-refractivity contribution in [2.45, 2.75) is 65.2 Å². The number of nitrogens with zero attached hydrogens (tertiary/aromatic N) is 2. The number of esters is 2. The predicted molar refractivity (Wildman–Crippen MR) is 138 cm³/mol. The van der Waals surface area contributed by atoms with Crippen LogP contribution in [-0.2, 0) is 33.4 Å². The molecule has 0 spiro atoms. The van der Waals surface area contributed by atoms with Crippen LogP contribution in [0.15, 0.2) is 12.2 Å². The highest BCUT2D eigenvalue weighted by atomic mass is 16.5. The van der Waals surface area contributed by atoms with E-state index in [0.717, 1.165) is 57.2 Å². The van der Waals surface area contributed by atoms with Gasteiger partial charge in [0, 0.05) is 38.1 Å². The summed E-state index contributed by atoms with van der Waals surface area (Å²) in [5, 5.41) is 2.66. The van der Waals surface area contributed by atoms with Gasteiger partial charge in [-0.3, -0.25) is 19.2 Å². The zero-order valence-corrected chi connectivity index (χ0v) is 22.7. The molecule has 1 N–H and O–H groups in total. The smallest absolute Gasteiger partial charge is 0.305 e. The van der Waals surface area contributed by atoms with Gasteiger partial charge in [0.05, 0.1) is 26.3 Å². The number of rotatable bonds is 22. The zero-order chi connectivity index (χ0) is 27.0. The van der Waals surface area contributed by atoms with Crippen LogP contribution in [0.2, 0.25) is 0 Å². The lowest BCUT2D eigenvalue weighted by atomic mass is 10.2.